The van der Waals surface area contributed by atoms with E-state index in [0.29, 0.717) is 27.6 Å². The number of nitrogens with zero attached hydrogens (tertiary/aromatic N) is 4. The topological polar surface area (TPSA) is 81.9 Å². The highest BCUT2D eigenvalue weighted by Gasteiger charge is 2.18. The van der Waals surface area contributed by atoms with Crippen molar-refractivity contribution >= 4 is 35.1 Å². The van der Waals surface area contributed by atoms with Gasteiger partial charge in [0.15, 0.2) is 17.1 Å². The minimum atomic E-state index is -0.399. The number of benzene rings is 1. The second kappa shape index (κ2) is 9.03. The van der Waals surface area contributed by atoms with E-state index in [-0.39, 0.29) is 17.5 Å². The maximum atomic E-state index is 13.0. The molecule has 1 unspecified atom stereocenters. The van der Waals surface area contributed by atoms with Crippen molar-refractivity contribution < 1.29 is 13.9 Å². The molecule has 1 aromatic carbocycles. The van der Waals surface area contributed by atoms with E-state index < -0.39 is 6.10 Å². The van der Waals surface area contributed by atoms with Gasteiger partial charge < -0.3 is 14.6 Å². The van der Waals surface area contributed by atoms with Crippen LogP contribution in [0.4, 0.5) is 10.2 Å². The van der Waals surface area contributed by atoms with Crippen molar-refractivity contribution in [1.82, 2.24) is 19.7 Å². The van der Waals surface area contributed by atoms with Gasteiger partial charge in [-0.25, -0.2) is 9.37 Å². The molecule has 1 N–H and O–H groups in total. The number of hydrogen-bond acceptors (Lipinski definition) is 6. The zero-order valence-electron chi connectivity index (χ0n) is 15.1. The summed E-state index contributed by atoms with van der Waals surface area (Å²) >= 11 is 7.01. The Morgan fingerprint density at radius 2 is 2.04 bits per heavy atom. The van der Waals surface area contributed by atoms with Crippen LogP contribution in [-0.4, -0.2) is 31.4 Å². The Kier molecular flexibility index (Phi) is 6.48. The Balaban J connectivity index is 1.57. The van der Waals surface area contributed by atoms with E-state index >= 15 is 0 Å². The molecule has 1 atom stereocenters. The number of rotatable bonds is 7. The van der Waals surface area contributed by atoms with Crippen LogP contribution in [0.1, 0.15) is 18.9 Å². The van der Waals surface area contributed by atoms with E-state index in [1.54, 1.807) is 35.9 Å². The number of carbonyl (C=O) groups excluding carboxylic acids is 1. The van der Waals surface area contributed by atoms with Gasteiger partial charge in [-0.05, 0) is 43.3 Å². The Labute approximate surface area is 170 Å². The summed E-state index contributed by atoms with van der Waals surface area (Å²) in [6.07, 6.45) is 1.06. The first kappa shape index (κ1) is 20.1. The molecule has 0 bridgehead atoms. The van der Waals surface area contributed by atoms with Crippen molar-refractivity contribution in [2.45, 2.75) is 18.2 Å². The zero-order valence-corrected chi connectivity index (χ0v) is 16.7. The lowest BCUT2D eigenvalue weighted by Crippen LogP contribution is -2.15. The van der Waals surface area contributed by atoms with Gasteiger partial charge in [0.05, 0.1) is 10.8 Å². The van der Waals surface area contributed by atoms with Gasteiger partial charge in [-0.2, -0.15) is 0 Å². The monoisotopic (exact) mass is 421 g/mol. The minimum absolute atomic E-state index is 0.142. The molecule has 2 heterocycles. The van der Waals surface area contributed by atoms with Crippen LogP contribution < -0.4 is 10.1 Å². The van der Waals surface area contributed by atoms with Crippen molar-refractivity contribution in [3.05, 3.63) is 59.3 Å². The Hall–Kier alpha value is -2.65. The lowest BCUT2D eigenvalue weighted by atomic mass is 10.3. The fourth-order valence-corrected chi connectivity index (χ4v) is 3.16. The number of pyridine rings is 1. The van der Waals surface area contributed by atoms with Crippen LogP contribution in [0.2, 0.25) is 5.02 Å². The fraction of sp³-hybridized carbons (Fsp3) is 0.222. The zero-order chi connectivity index (χ0) is 20.1. The highest BCUT2D eigenvalue weighted by Crippen LogP contribution is 2.24. The molecule has 0 radical (unpaired) electrons. The standard InChI is InChI=1S/C18H17ClFN5O2S/c1-11(27-14-6-4-13(20)5-7-14)17-23-24-18(25(17)2)28-10-16(26)22-15-8-3-12(19)9-21-15/h3-9,11H,10H2,1-2H3,(H,21,22,26). The van der Waals surface area contributed by atoms with Crippen molar-refractivity contribution in [3.63, 3.8) is 0 Å². The number of thioether (sulfide) groups is 1. The highest BCUT2D eigenvalue weighted by atomic mass is 35.5. The van der Waals surface area contributed by atoms with Crippen LogP contribution >= 0.6 is 23.4 Å². The normalized spacial score (nSPS) is 11.9. The molecule has 0 saturated heterocycles. The van der Waals surface area contributed by atoms with E-state index in [2.05, 4.69) is 20.5 Å². The first-order valence-electron chi connectivity index (χ1n) is 8.28. The third-order valence-corrected chi connectivity index (χ3v) is 4.93. The quantitative estimate of drug-likeness (QED) is 0.583. The number of carbonyl (C=O) groups is 1. The average molecular weight is 422 g/mol. The SMILES string of the molecule is CC(Oc1ccc(F)cc1)c1nnc(SCC(=O)Nc2ccc(Cl)cn2)n1C. The third-order valence-electron chi connectivity index (χ3n) is 3.69. The van der Waals surface area contributed by atoms with Crippen LogP contribution in [0.15, 0.2) is 47.8 Å². The van der Waals surface area contributed by atoms with Gasteiger partial charge in [0.2, 0.25) is 5.91 Å². The maximum absolute atomic E-state index is 13.0. The molecule has 0 aliphatic carbocycles. The maximum Gasteiger partial charge on any atom is 0.236 e. The molecule has 2 aromatic heterocycles. The highest BCUT2D eigenvalue weighted by molar-refractivity contribution is 7.99. The minimum Gasteiger partial charge on any atom is -0.483 e. The van der Waals surface area contributed by atoms with Crippen LogP contribution in [0.3, 0.4) is 0 Å². The molecule has 1 amide bonds. The largest absolute Gasteiger partial charge is 0.483 e. The van der Waals surface area contributed by atoms with Crippen LogP contribution in [0.5, 0.6) is 5.75 Å². The molecule has 10 heteroatoms. The van der Waals surface area contributed by atoms with E-state index in [1.807, 2.05) is 6.92 Å². The Bertz CT molecular complexity index is 950. The summed E-state index contributed by atoms with van der Waals surface area (Å²) < 4.78 is 20.5. The third kappa shape index (κ3) is 5.20. The summed E-state index contributed by atoms with van der Waals surface area (Å²) in [6, 6.07) is 9.02. The molecule has 0 aliphatic heterocycles. The molecule has 0 aliphatic rings. The number of halogens is 2. The van der Waals surface area contributed by atoms with Gasteiger partial charge in [-0.1, -0.05) is 23.4 Å². The number of hydrogen-bond donors (Lipinski definition) is 1. The van der Waals surface area contributed by atoms with Crippen molar-refractivity contribution in [2.75, 3.05) is 11.1 Å². The van der Waals surface area contributed by atoms with E-state index in [4.69, 9.17) is 16.3 Å². The number of ether oxygens (including phenoxy) is 1. The van der Waals surface area contributed by atoms with Crippen LogP contribution in [0.25, 0.3) is 0 Å². The van der Waals surface area contributed by atoms with Gasteiger partial charge in [-0.15, -0.1) is 10.2 Å². The van der Waals surface area contributed by atoms with Crippen molar-refractivity contribution in [3.8, 4) is 5.75 Å². The van der Waals surface area contributed by atoms with E-state index in [9.17, 15) is 9.18 Å². The Morgan fingerprint density at radius 3 is 2.71 bits per heavy atom. The molecule has 146 valence electrons. The van der Waals surface area contributed by atoms with Gasteiger partial charge in [0, 0.05) is 13.2 Å². The molecule has 0 fully saturated rings. The van der Waals surface area contributed by atoms with Gasteiger partial charge in [-0.3, -0.25) is 4.79 Å². The smallest absolute Gasteiger partial charge is 0.236 e. The van der Waals surface area contributed by atoms with E-state index in [0.717, 1.165) is 0 Å². The van der Waals surface area contributed by atoms with Gasteiger partial charge >= 0.3 is 0 Å². The Morgan fingerprint density at radius 1 is 1.29 bits per heavy atom. The molecular weight excluding hydrogens is 405 g/mol. The predicted octanol–water partition coefficient (Wildman–Crippen LogP) is 3.87. The summed E-state index contributed by atoms with van der Waals surface area (Å²) in [5.41, 5.74) is 0. The predicted molar refractivity (Wildman–Crippen MR) is 105 cm³/mol. The molecule has 3 rings (SSSR count). The number of anilines is 1. The van der Waals surface area contributed by atoms with Crippen LogP contribution in [0, 0.1) is 5.82 Å². The fourth-order valence-electron chi connectivity index (χ4n) is 2.33. The summed E-state index contributed by atoms with van der Waals surface area (Å²) in [5, 5.41) is 12.0. The lowest BCUT2D eigenvalue weighted by molar-refractivity contribution is -0.113. The number of amides is 1. The van der Waals surface area contributed by atoms with E-state index in [1.165, 1.54) is 30.1 Å². The number of aromatic nitrogens is 4. The summed E-state index contributed by atoms with van der Waals surface area (Å²) in [7, 11) is 1.79. The lowest BCUT2D eigenvalue weighted by Gasteiger charge is -2.14. The summed E-state index contributed by atoms with van der Waals surface area (Å²) in [5.74, 6) is 1.13. The average Bonchev–Trinajstić information content (AvgIpc) is 3.04. The molecule has 7 nitrogen and oxygen atoms in total. The van der Waals surface area contributed by atoms with Gasteiger partial charge in [0.25, 0.3) is 0 Å². The molecule has 0 saturated carbocycles. The molecule has 28 heavy (non-hydrogen) atoms. The number of nitrogens with one attached hydrogen (secondary N) is 1. The first-order chi connectivity index (χ1) is 13.4. The van der Waals surface area contributed by atoms with Crippen molar-refractivity contribution in [1.29, 1.82) is 0 Å². The molecule has 3 aromatic rings. The van der Waals surface area contributed by atoms with Gasteiger partial charge in [0.1, 0.15) is 17.4 Å². The summed E-state index contributed by atoms with van der Waals surface area (Å²) in [6.45, 7) is 1.82. The van der Waals surface area contributed by atoms with Crippen LogP contribution in [-0.2, 0) is 11.8 Å². The summed E-state index contributed by atoms with van der Waals surface area (Å²) in [4.78, 5) is 16.1. The molecule has 0 spiro atoms. The molecular formula is C18H17ClFN5O2S. The second-order valence-corrected chi connectivity index (χ2v) is 7.19. The van der Waals surface area contributed by atoms with Crippen molar-refractivity contribution in [2.24, 2.45) is 7.05 Å². The first-order valence-corrected chi connectivity index (χ1v) is 9.64. The second-order valence-electron chi connectivity index (χ2n) is 5.81.